The van der Waals surface area contributed by atoms with Crippen LogP contribution < -0.4 is 0 Å². The van der Waals surface area contributed by atoms with Gasteiger partial charge in [-0.25, -0.2) is 0 Å². The molecule has 0 aliphatic heterocycles. The van der Waals surface area contributed by atoms with Crippen LogP contribution in [-0.2, 0) is 6.04 Å². The van der Waals surface area contributed by atoms with E-state index in [1.807, 2.05) is 30.3 Å². The first-order chi connectivity index (χ1) is 7.77. The van der Waals surface area contributed by atoms with Gasteiger partial charge in [0.25, 0.3) is 0 Å². The van der Waals surface area contributed by atoms with E-state index in [-0.39, 0.29) is 0 Å². The molecule has 0 aliphatic rings. The van der Waals surface area contributed by atoms with Crippen molar-refractivity contribution in [3.8, 4) is 11.1 Å². The first-order valence-corrected chi connectivity index (χ1v) is 9.49. The molecule has 0 atom stereocenters. The molecular formula is C13H12Cl2Si. The Labute approximate surface area is 107 Å². The molecule has 0 aliphatic carbocycles. The van der Waals surface area contributed by atoms with Crippen LogP contribution in [0.15, 0.2) is 54.6 Å². The minimum atomic E-state index is -1.60. The number of hydrogen-bond donors (Lipinski definition) is 0. The lowest BCUT2D eigenvalue weighted by molar-refractivity contribution is 1.39. The van der Waals surface area contributed by atoms with E-state index in [1.54, 1.807) is 0 Å². The lowest BCUT2D eigenvalue weighted by atomic mass is 10.0. The highest BCUT2D eigenvalue weighted by molar-refractivity contribution is 7.33. The second-order valence-corrected chi connectivity index (χ2v) is 8.64. The molecule has 0 amide bonds. The third kappa shape index (κ3) is 2.88. The normalized spacial score (nSPS) is 10.7. The Morgan fingerprint density at radius 3 is 2.12 bits per heavy atom. The Hall–Kier alpha value is -0.763. The van der Waals surface area contributed by atoms with Crippen LogP contribution in [0.3, 0.4) is 0 Å². The molecule has 82 valence electrons. The summed E-state index contributed by atoms with van der Waals surface area (Å²) in [5.74, 6) is 0. The predicted molar refractivity (Wildman–Crippen MR) is 74.4 cm³/mol. The van der Waals surface area contributed by atoms with Gasteiger partial charge in [-0.3, -0.25) is 0 Å². The molecule has 0 N–H and O–H groups in total. The van der Waals surface area contributed by atoms with E-state index in [1.165, 1.54) is 16.7 Å². The van der Waals surface area contributed by atoms with Gasteiger partial charge in [0.15, 0.2) is 0 Å². The van der Waals surface area contributed by atoms with E-state index in [0.29, 0.717) is 0 Å². The van der Waals surface area contributed by atoms with Crippen LogP contribution in [0.4, 0.5) is 0 Å². The van der Waals surface area contributed by atoms with Gasteiger partial charge in [0, 0.05) is 0 Å². The van der Waals surface area contributed by atoms with Gasteiger partial charge in [-0.2, -0.15) is 0 Å². The van der Waals surface area contributed by atoms with Crippen molar-refractivity contribution in [2.75, 3.05) is 0 Å². The summed E-state index contributed by atoms with van der Waals surface area (Å²) >= 11 is 12.0. The second-order valence-electron chi connectivity index (χ2n) is 3.62. The average Bonchev–Trinajstić information content (AvgIpc) is 2.30. The van der Waals surface area contributed by atoms with Crippen LogP contribution in [0.1, 0.15) is 5.56 Å². The summed E-state index contributed by atoms with van der Waals surface area (Å²) in [5.41, 5.74) is 3.71. The van der Waals surface area contributed by atoms with Gasteiger partial charge < -0.3 is 0 Å². The van der Waals surface area contributed by atoms with E-state index in [0.717, 1.165) is 6.04 Å². The molecule has 0 heterocycles. The smallest absolute Gasteiger partial charge is 0.150 e. The third-order valence-electron chi connectivity index (χ3n) is 2.48. The summed E-state index contributed by atoms with van der Waals surface area (Å²) in [6.45, 7) is 0. The lowest BCUT2D eigenvalue weighted by Crippen LogP contribution is -2.01. The summed E-state index contributed by atoms with van der Waals surface area (Å²) in [6, 6.07) is 19.4. The molecule has 0 fully saturated rings. The van der Waals surface area contributed by atoms with Gasteiger partial charge >= 0.3 is 0 Å². The Kier molecular flexibility index (Phi) is 4.05. The van der Waals surface area contributed by atoms with Crippen LogP contribution in [0.5, 0.6) is 0 Å². The maximum Gasteiger partial charge on any atom is 0.241 e. The molecule has 3 heteroatoms. The second kappa shape index (κ2) is 5.53. The Balaban J connectivity index is 2.41. The van der Waals surface area contributed by atoms with E-state index in [4.69, 9.17) is 22.2 Å². The fraction of sp³-hybridized carbons (Fsp3) is 0.0769. The highest BCUT2D eigenvalue weighted by atomic mass is 35.7. The van der Waals surface area contributed by atoms with Crippen molar-refractivity contribution >= 4 is 29.6 Å². The maximum atomic E-state index is 5.98. The van der Waals surface area contributed by atoms with Crippen molar-refractivity contribution in [2.45, 2.75) is 6.04 Å². The Bertz CT molecular complexity index is 454. The predicted octanol–water partition coefficient (Wildman–Crippen LogP) is 4.13. The Morgan fingerprint density at radius 1 is 0.812 bits per heavy atom. The van der Waals surface area contributed by atoms with Crippen molar-refractivity contribution in [3.63, 3.8) is 0 Å². The quantitative estimate of drug-likeness (QED) is 0.579. The molecule has 0 spiro atoms. The largest absolute Gasteiger partial charge is 0.241 e. The maximum absolute atomic E-state index is 5.98. The van der Waals surface area contributed by atoms with E-state index in [9.17, 15) is 0 Å². The zero-order valence-electron chi connectivity index (χ0n) is 8.74. The van der Waals surface area contributed by atoms with Crippen LogP contribution in [-0.4, -0.2) is 7.42 Å². The SMILES string of the molecule is Cl[SiH](Cl)Cc1ccccc1-c1ccccc1. The standard InChI is InChI=1S/C13H12Cl2Si/c14-16(15)10-12-8-4-5-9-13(12)11-6-2-1-3-7-11/h1-9,16H,10H2. The molecule has 0 bridgehead atoms. The van der Waals surface area contributed by atoms with Gasteiger partial charge in [-0.05, 0) is 22.7 Å². The summed E-state index contributed by atoms with van der Waals surface area (Å²) in [4.78, 5) is 0. The highest BCUT2D eigenvalue weighted by Crippen LogP contribution is 2.24. The Morgan fingerprint density at radius 2 is 1.44 bits per heavy atom. The number of halogens is 2. The summed E-state index contributed by atoms with van der Waals surface area (Å²) in [7, 11) is -1.60. The fourth-order valence-corrected chi connectivity index (χ4v) is 3.45. The minimum absolute atomic E-state index is 0.814. The average molecular weight is 267 g/mol. The molecule has 2 aromatic carbocycles. The molecule has 0 unspecified atom stereocenters. The van der Waals surface area contributed by atoms with Gasteiger partial charge in [0.05, 0.1) is 0 Å². The summed E-state index contributed by atoms with van der Waals surface area (Å²) in [6.07, 6.45) is 0. The molecule has 16 heavy (non-hydrogen) atoms. The monoisotopic (exact) mass is 266 g/mol. The van der Waals surface area contributed by atoms with E-state index < -0.39 is 7.42 Å². The molecule has 0 saturated carbocycles. The first kappa shape index (κ1) is 11.7. The van der Waals surface area contributed by atoms with Gasteiger partial charge in [0.2, 0.25) is 7.42 Å². The summed E-state index contributed by atoms with van der Waals surface area (Å²) < 4.78 is 0. The molecule has 2 aromatic rings. The molecule has 0 aromatic heterocycles. The third-order valence-corrected chi connectivity index (χ3v) is 4.15. The van der Waals surface area contributed by atoms with Crippen LogP contribution in [0, 0.1) is 0 Å². The summed E-state index contributed by atoms with van der Waals surface area (Å²) in [5, 5.41) is 0. The lowest BCUT2D eigenvalue weighted by Gasteiger charge is -2.09. The van der Waals surface area contributed by atoms with Gasteiger partial charge in [0.1, 0.15) is 0 Å². The molecule has 2 rings (SSSR count). The van der Waals surface area contributed by atoms with E-state index >= 15 is 0 Å². The zero-order chi connectivity index (χ0) is 11.4. The van der Waals surface area contributed by atoms with Crippen molar-refractivity contribution in [1.82, 2.24) is 0 Å². The van der Waals surface area contributed by atoms with Gasteiger partial charge in [-0.15, -0.1) is 22.2 Å². The van der Waals surface area contributed by atoms with Crippen molar-refractivity contribution in [3.05, 3.63) is 60.2 Å². The zero-order valence-corrected chi connectivity index (χ0v) is 11.4. The molecular weight excluding hydrogens is 255 g/mol. The van der Waals surface area contributed by atoms with E-state index in [2.05, 4.69) is 24.3 Å². The number of benzene rings is 2. The number of rotatable bonds is 3. The molecule has 0 saturated heterocycles. The van der Waals surface area contributed by atoms with Crippen LogP contribution in [0.2, 0.25) is 0 Å². The fourth-order valence-electron chi connectivity index (χ4n) is 1.76. The van der Waals surface area contributed by atoms with Gasteiger partial charge in [-0.1, -0.05) is 54.6 Å². The van der Waals surface area contributed by atoms with Crippen molar-refractivity contribution in [2.24, 2.45) is 0 Å². The van der Waals surface area contributed by atoms with Crippen molar-refractivity contribution in [1.29, 1.82) is 0 Å². The number of hydrogen-bond acceptors (Lipinski definition) is 0. The highest BCUT2D eigenvalue weighted by Gasteiger charge is 2.09. The molecule has 0 nitrogen and oxygen atoms in total. The topological polar surface area (TPSA) is 0 Å². The minimum Gasteiger partial charge on any atom is -0.150 e. The molecule has 0 radical (unpaired) electrons. The van der Waals surface area contributed by atoms with Crippen LogP contribution >= 0.6 is 22.2 Å². The van der Waals surface area contributed by atoms with Crippen molar-refractivity contribution < 1.29 is 0 Å². The van der Waals surface area contributed by atoms with Crippen LogP contribution in [0.25, 0.3) is 11.1 Å². The first-order valence-electron chi connectivity index (χ1n) is 5.19.